The van der Waals surface area contributed by atoms with Gasteiger partial charge in [0.2, 0.25) is 0 Å². The lowest BCUT2D eigenvalue weighted by Crippen LogP contribution is -2.08. The van der Waals surface area contributed by atoms with Crippen molar-refractivity contribution in [3.05, 3.63) is 12.3 Å². The summed E-state index contributed by atoms with van der Waals surface area (Å²) in [6, 6.07) is 0. The molecule has 0 aromatic heterocycles. The van der Waals surface area contributed by atoms with Crippen molar-refractivity contribution in [3.8, 4) is 0 Å². The number of ether oxygens (including phenoxy) is 1. The monoisotopic (exact) mass is 250 g/mol. The second-order valence-electron chi connectivity index (χ2n) is 3.94. The van der Waals surface area contributed by atoms with E-state index >= 15 is 0 Å². The fraction of sp³-hybridized carbons (Fsp3) is 0.800. The zero-order valence-corrected chi connectivity index (χ0v) is 11.1. The van der Waals surface area contributed by atoms with Crippen molar-refractivity contribution in [2.45, 2.75) is 39.4 Å². The van der Waals surface area contributed by atoms with Crippen LogP contribution in [0.5, 0.6) is 0 Å². The van der Waals surface area contributed by atoms with Crippen LogP contribution < -0.4 is 0 Å². The van der Waals surface area contributed by atoms with Gasteiger partial charge in [-0.1, -0.05) is 6.58 Å². The Labute approximate surface area is 96.3 Å². The number of rotatable bonds is 7. The Hall–Kier alpha value is -0.350. The molecule has 0 amide bonds. The highest BCUT2D eigenvalue weighted by molar-refractivity contribution is 7.48. The van der Waals surface area contributed by atoms with E-state index in [9.17, 15) is 4.57 Å². The Morgan fingerprint density at radius 3 is 2.12 bits per heavy atom. The summed E-state index contributed by atoms with van der Waals surface area (Å²) in [4.78, 5) is 0. The summed E-state index contributed by atoms with van der Waals surface area (Å²) < 4.78 is 32.4. The van der Waals surface area contributed by atoms with Crippen LogP contribution in [-0.2, 0) is 22.9 Å². The smallest absolute Gasteiger partial charge is 0.406 e. The van der Waals surface area contributed by atoms with Gasteiger partial charge in [0.05, 0.1) is 18.8 Å². The topological polar surface area (TPSA) is 57.3 Å². The number of phosphoric ester groups is 1. The van der Waals surface area contributed by atoms with Gasteiger partial charge in [0.15, 0.2) is 0 Å². The van der Waals surface area contributed by atoms with Crippen LogP contribution in [-0.4, -0.2) is 24.9 Å². The van der Waals surface area contributed by atoms with Crippen LogP contribution in [0.3, 0.4) is 0 Å². The predicted molar refractivity (Wildman–Crippen MR) is 60.0 cm³/mol. The molecular formula is C10H19O5P. The summed E-state index contributed by atoms with van der Waals surface area (Å²) in [5, 5.41) is 0. The molecule has 0 aliphatic carbocycles. The van der Waals surface area contributed by atoms with Gasteiger partial charge >= 0.3 is 7.82 Å². The number of phosphoric acid groups is 1. The molecule has 1 rings (SSSR count). The van der Waals surface area contributed by atoms with Gasteiger partial charge in [0, 0.05) is 0 Å². The third-order valence-corrected chi connectivity index (χ3v) is 3.70. The van der Waals surface area contributed by atoms with Crippen molar-refractivity contribution < 1.29 is 22.9 Å². The average molecular weight is 250 g/mol. The van der Waals surface area contributed by atoms with Crippen molar-refractivity contribution in [1.29, 1.82) is 0 Å². The molecule has 0 bridgehead atoms. The van der Waals surface area contributed by atoms with Crippen molar-refractivity contribution >= 4 is 7.82 Å². The molecular weight excluding hydrogens is 231 g/mol. The second-order valence-corrected chi connectivity index (χ2v) is 5.54. The van der Waals surface area contributed by atoms with Crippen LogP contribution in [0.15, 0.2) is 12.3 Å². The standard InChI is InChI=1S/C10H19O5P/c1-6-12-16(11,13-7-2)15-8(3)9-10(4,5)14-9/h9H,3,6-7H2,1-2,4-5H3. The Morgan fingerprint density at radius 1 is 1.38 bits per heavy atom. The van der Waals surface area contributed by atoms with Gasteiger partial charge in [0.1, 0.15) is 11.9 Å². The van der Waals surface area contributed by atoms with E-state index in [-0.39, 0.29) is 30.7 Å². The molecule has 6 heteroatoms. The minimum atomic E-state index is -3.53. The van der Waals surface area contributed by atoms with Gasteiger partial charge in [-0.05, 0) is 27.7 Å². The molecule has 1 aliphatic heterocycles. The molecule has 1 saturated heterocycles. The van der Waals surface area contributed by atoms with Gasteiger partial charge in [-0.25, -0.2) is 4.57 Å². The first-order valence-corrected chi connectivity index (χ1v) is 6.76. The molecule has 1 aliphatic rings. The van der Waals surface area contributed by atoms with Crippen LogP contribution in [0, 0.1) is 0 Å². The van der Waals surface area contributed by atoms with Crippen LogP contribution >= 0.6 is 7.82 Å². The summed E-state index contributed by atoms with van der Waals surface area (Å²) in [6.45, 7) is 11.4. The zero-order chi connectivity index (χ0) is 12.4. The summed E-state index contributed by atoms with van der Waals surface area (Å²) in [6.07, 6.45) is -0.248. The minimum Gasteiger partial charge on any atom is -0.406 e. The van der Waals surface area contributed by atoms with E-state index in [0.717, 1.165) is 0 Å². The van der Waals surface area contributed by atoms with E-state index in [2.05, 4.69) is 6.58 Å². The maximum Gasteiger partial charge on any atom is 0.529 e. The molecule has 0 saturated carbocycles. The fourth-order valence-corrected chi connectivity index (χ4v) is 2.52. The third kappa shape index (κ3) is 3.32. The fourth-order valence-electron chi connectivity index (χ4n) is 1.32. The Bertz CT molecular complexity index is 302. The SMILES string of the molecule is C=C(OP(=O)(OCC)OCC)C1OC1(C)C. The highest BCUT2D eigenvalue weighted by Gasteiger charge is 2.52. The largest absolute Gasteiger partial charge is 0.529 e. The van der Waals surface area contributed by atoms with E-state index in [1.54, 1.807) is 13.8 Å². The lowest BCUT2D eigenvalue weighted by molar-refractivity contribution is 0.140. The first-order chi connectivity index (χ1) is 7.34. The maximum absolute atomic E-state index is 12.0. The molecule has 1 heterocycles. The summed E-state index contributed by atoms with van der Waals surface area (Å²) in [7, 11) is -3.53. The average Bonchev–Trinajstić information content (AvgIpc) is 2.75. The lowest BCUT2D eigenvalue weighted by Gasteiger charge is -2.17. The molecule has 5 nitrogen and oxygen atoms in total. The minimum absolute atomic E-state index is 0.248. The maximum atomic E-state index is 12.0. The van der Waals surface area contributed by atoms with E-state index in [1.165, 1.54) is 0 Å². The van der Waals surface area contributed by atoms with Crippen LogP contribution in [0.2, 0.25) is 0 Å². The van der Waals surface area contributed by atoms with Gasteiger partial charge in [-0.2, -0.15) is 0 Å². The number of hydrogen-bond donors (Lipinski definition) is 0. The molecule has 0 aromatic carbocycles. The van der Waals surface area contributed by atoms with Crippen LogP contribution in [0.25, 0.3) is 0 Å². The highest BCUT2D eigenvalue weighted by Crippen LogP contribution is 2.54. The summed E-state index contributed by atoms with van der Waals surface area (Å²) >= 11 is 0. The van der Waals surface area contributed by atoms with Crippen molar-refractivity contribution in [1.82, 2.24) is 0 Å². The van der Waals surface area contributed by atoms with E-state index < -0.39 is 7.82 Å². The van der Waals surface area contributed by atoms with Gasteiger partial charge < -0.3 is 9.26 Å². The molecule has 0 radical (unpaired) electrons. The second kappa shape index (κ2) is 4.88. The van der Waals surface area contributed by atoms with Crippen molar-refractivity contribution in [2.24, 2.45) is 0 Å². The number of epoxide rings is 1. The molecule has 0 spiro atoms. The Balaban J connectivity index is 2.56. The van der Waals surface area contributed by atoms with Crippen molar-refractivity contribution in [3.63, 3.8) is 0 Å². The molecule has 94 valence electrons. The number of hydrogen-bond acceptors (Lipinski definition) is 5. The van der Waals surface area contributed by atoms with E-state index in [1.807, 2.05) is 13.8 Å². The van der Waals surface area contributed by atoms with Crippen LogP contribution in [0.1, 0.15) is 27.7 Å². The third-order valence-electron chi connectivity index (χ3n) is 2.09. The van der Waals surface area contributed by atoms with Gasteiger partial charge in [-0.3, -0.25) is 9.05 Å². The van der Waals surface area contributed by atoms with Gasteiger partial charge in [0.25, 0.3) is 0 Å². The molecule has 1 unspecified atom stereocenters. The normalized spacial score (nSPS) is 22.9. The Morgan fingerprint density at radius 2 is 1.81 bits per heavy atom. The Kier molecular flexibility index (Phi) is 4.18. The van der Waals surface area contributed by atoms with E-state index in [0.29, 0.717) is 0 Å². The molecule has 1 fully saturated rings. The quantitative estimate of drug-likeness (QED) is 0.395. The first kappa shape index (κ1) is 13.7. The summed E-state index contributed by atoms with van der Waals surface area (Å²) in [5.41, 5.74) is -0.305. The molecule has 1 atom stereocenters. The zero-order valence-electron chi connectivity index (χ0n) is 10.2. The van der Waals surface area contributed by atoms with Crippen molar-refractivity contribution in [2.75, 3.05) is 13.2 Å². The molecule has 0 N–H and O–H groups in total. The van der Waals surface area contributed by atoms with Gasteiger partial charge in [-0.15, -0.1) is 0 Å². The highest BCUT2D eigenvalue weighted by atomic mass is 31.2. The summed E-state index contributed by atoms with van der Waals surface area (Å²) in [5.74, 6) is 0.287. The lowest BCUT2D eigenvalue weighted by atomic mass is 10.1. The van der Waals surface area contributed by atoms with E-state index in [4.69, 9.17) is 18.3 Å². The first-order valence-electron chi connectivity index (χ1n) is 5.30. The molecule has 0 aromatic rings. The predicted octanol–water partition coefficient (Wildman–Crippen LogP) is 2.88. The van der Waals surface area contributed by atoms with Crippen LogP contribution in [0.4, 0.5) is 0 Å². The molecule has 16 heavy (non-hydrogen) atoms.